The van der Waals surface area contributed by atoms with Crippen LogP contribution in [0, 0.1) is 0 Å². The van der Waals surface area contributed by atoms with Crippen molar-refractivity contribution in [2.24, 2.45) is 0 Å². The lowest BCUT2D eigenvalue weighted by Gasteiger charge is -2.08. The number of nitrogens with zero attached hydrogens (tertiary/aromatic N) is 3. The summed E-state index contributed by atoms with van der Waals surface area (Å²) >= 11 is 6.09. The molecule has 6 nitrogen and oxygen atoms in total. The maximum Gasteiger partial charge on any atom is 0.471 e. The highest BCUT2D eigenvalue weighted by atomic mass is 35.5. The van der Waals surface area contributed by atoms with Crippen molar-refractivity contribution < 1.29 is 18.0 Å². The summed E-state index contributed by atoms with van der Waals surface area (Å²) in [6, 6.07) is 10.6. The molecular weight excluding hydrogens is 359 g/mol. The van der Waals surface area contributed by atoms with Crippen molar-refractivity contribution in [3.63, 3.8) is 0 Å². The molecule has 0 aliphatic carbocycles. The summed E-state index contributed by atoms with van der Waals surface area (Å²) in [4.78, 5) is 14.9. The first-order valence-corrected chi connectivity index (χ1v) is 7.43. The first kappa shape index (κ1) is 17.0. The van der Waals surface area contributed by atoms with E-state index in [0.717, 1.165) is 5.56 Å². The van der Waals surface area contributed by atoms with Crippen LogP contribution in [0.5, 0.6) is 0 Å². The van der Waals surface area contributed by atoms with Crippen LogP contribution >= 0.6 is 11.6 Å². The minimum atomic E-state index is -5.01. The van der Waals surface area contributed by atoms with Crippen molar-refractivity contribution in [1.82, 2.24) is 14.6 Å². The maximum atomic E-state index is 12.3. The second-order valence-corrected chi connectivity index (χ2v) is 5.43. The van der Waals surface area contributed by atoms with Gasteiger partial charge in [-0.25, -0.2) is 4.52 Å². The zero-order valence-electron chi connectivity index (χ0n) is 12.5. The van der Waals surface area contributed by atoms with Gasteiger partial charge in [-0.2, -0.15) is 18.2 Å². The molecule has 2 N–H and O–H groups in total. The average Bonchev–Trinajstić information content (AvgIpc) is 2.96. The molecule has 25 heavy (non-hydrogen) atoms. The van der Waals surface area contributed by atoms with Crippen LogP contribution in [0.25, 0.3) is 5.65 Å². The SMILES string of the molecule is O=C(Nc1nc2c(NCc3ccccc3Cl)cccn2n1)C(F)(F)F. The second kappa shape index (κ2) is 6.60. The molecule has 2 aromatic heterocycles. The number of alkyl halides is 3. The van der Waals surface area contributed by atoms with E-state index in [-0.39, 0.29) is 5.65 Å². The van der Waals surface area contributed by atoms with Crippen molar-refractivity contribution in [2.75, 3.05) is 10.6 Å². The Morgan fingerprint density at radius 2 is 1.96 bits per heavy atom. The molecule has 3 rings (SSSR count). The predicted molar refractivity (Wildman–Crippen MR) is 86.5 cm³/mol. The van der Waals surface area contributed by atoms with Crippen molar-refractivity contribution in [3.05, 3.63) is 53.2 Å². The molecule has 0 spiro atoms. The van der Waals surface area contributed by atoms with Crippen LogP contribution in [0.1, 0.15) is 5.56 Å². The van der Waals surface area contributed by atoms with Gasteiger partial charge in [0, 0.05) is 17.8 Å². The van der Waals surface area contributed by atoms with Gasteiger partial charge in [0.1, 0.15) is 0 Å². The van der Waals surface area contributed by atoms with Crippen molar-refractivity contribution in [1.29, 1.82) is 0 Å². The number of hydrogen-bond acceptors (Lipinski definition) is 4. The Morgan fingerprint density at radius 1 is 1.20 bits per heavy atom. The third kappa shape index (κ3) is 3.82. The molecule has 1 amide bonds. The Morgan fingerprint density at radius 3 is 2.68 bits per heavy atom. The van der Waals surface area contributed by atoms with Crippen LogP contribution in [0.4, 0.5) is 24.8 Å². The summed E-state index contributed by atoms with van der Waals surface area (Å²) in [5, 5.41) is 9.12. The van der Waals surface area contributed by atoms with Crippen molar-refractivity contribution in [3.8, 4) is 0 Å². The molecule has 0 aliphatic heterocycles. The largest absolute Gasteiger partial charge is 0.471 e. The molecule has 0 bridgehead atoms. The van der Waals surface area contributed by atoms with Gasteiger partial charge < -0.3 is 5.32 Å². The lowest BCUT2D eigenvalue weighted by atomic mass is 10.2. The number of carbonyl (C=O) groups excluding carboxylic acids is 1. The fourth-order valence-electron chi connectivity index (χ4n) is 2.10. The molecule has 130 valence electrons. The van der Waals surface area contributed by atoms with Crippen LogP contribution < -0.4 is 10.6 Å². The van der Waals surface area contributed by atoms with Crippen LogP contribution in [0.3, 0.4) is 0 Å². The van der Waals surface area contributed by atoms with Gasteiger partial charge in [0.25, 0.3) is 0 Å². The van der Waals surface area contributed by atoms with Crippen LogP contribution in [0.15, 0.2) is 42.6 Å². The van der Waals surface area contributed by atoms with E-state index in [9.17, 15) is 18.0 Å². The van der Waals surface area contributed by atoms with E-state index in [1.54, 1.807) is 29.6 Å². The van der Waals surface area contributed by atoms with Gasteiger partial charge in [0.15, 0.2) is 5.65 Å². The third-order valence-electron chi connectivity index (χ3n) is 3.27. The van der Waals surface area contributed by atoms with E-state index >= 15 is 0 Å². The van der Waals surface area contributed by atoms with Gasteiger partial charge in [-0.3, -0.25) is 10.1 Å². The fourth-order valence-corrected chi connectivity index (χ4v) is 2.30. The summed E-state index contributed by atoms with van der Waals surface area (Å²) in [6.07, 6.45) is -3.51. The van der Waals surface area contributed by atoms with Gasteiger partial charge in [-0.15, -0.1) is 5.10 Å². The normalized spacial score (nSPS) is 11.5. The first-order valence-electron chi connectivity index (χ1n) is 7.05. The molecule has 0 saturated heterocycles. The standard InChI is InChI=1S/C15H11ClF3N5O/c16-10-5-2-1-4-9(10)8-20-11-6-3-7-24-12(11)21-14(23-24)22-13(25)15(17,18)19/h1-7,20H,8H2,(H,22,23,25). The molecule has 0 radical (unpaired) electrons. The van der Waals surface area contributed by atoms with Gasteiger partial charge in [0.05, 0.1) is 5.69 Å². The minimum absolute atomic E-state index is 0.270. The molecule has 3 aromatic rings. The van der Waals surface area contributed by atoms with Gasteiger partial charge in [0.2, 0.25) is 5.95 Å². The number of fused-ring (bicyclic) bond motifs is 1. The van der Waals surface area contributed by atoms with Crippen molar-refractivity contribution >= 4 is 34.8 Å². The summed E-state index contributed by atoms with van der Waals surface area (Å²) in [7, 11) is 0. The molecule has 0 saturated carbocycles. The van der Waals surface area contributed by atoms with Gasteiger partial charge >= 0.3 is 12.1 Å². The number of aromatic nitrogens is 3. The number of halogens is 4. The van der Waals surface area contributed by atoms with Gasteiger partial charge in [-0.1, -0.05) is 29.8 Å². The first-order chi connectivity index (χ1) is 11.8. The Labute approximate surface area is 144 Å². The van der Waals surface area contributed by atoms with Gasteiger partial charge in [-0.05, 0) is 23.8 Å². The lowest BCUT2D eigenvalue weighted by molar-refractivity contribution is -0.167. The second-order valence-electron chi connectivity index (χ2n) is 5.02. The van der Waals surface area contributed by atoms with E-state index in [4.69, 9.17) is 11.6 Å². The van der Waals surface area contributed by atoms with Crippen LogP contribution in [0.2, 0.25) is 5.02 Å². The number of rotatable bonds is 4. The molecular formula is C15H11ClF3N5O. The predicted octanol–water partition coefficient (Wildman–Crippen LogP) is 3.50. The number of anilines is 2. The number of nitrogens with one attached hydrogen (secondary N) is 2. The summed E-state index contributed by atoms with van der Waals surface area (Å²) in [6.45, 7) is 0.385. The highest BCUT2D eigenvalue weighted by Crippen LogP contribution is 2.21. The number of amides is 1. The van der Waals surface area contributed by atoms with Crippen LogP contribution in [-0.2, 0) is 11.3 Å². The van der Waals surface area contributed by atoms with E-state index in [0.29, 0.717) is 17.3 Å². The van der Waals surface area contributed by atoms with E-state index < -0.39 is 18.0 Å². The lowest BCUT2D eigenvalue weighted by Crippen LogP contribution is -2.30. The molecule has 0 unspecified atom stereocenters. The molecule has 0 aliphatic rings. The number of pyridine rings is 1. The van der Waals surface area contributed by atoms with E-state index in [1.165, 1.54) is 10.7 Å². The fraction of sp³-hybridized carbons (Fsp3) is 0.133. The monoisotopic (exact) mass is 369 g/mol. The third-order valence-corrected chi connectivity index (χ3v) is 3.64. The quantitative estimate of drug-likeness (QED) is 0.738. The number of hydrogen-bond donors (Lipinski definition) is 2. The minimum Gasteiger partial charge on any atom is -0.378 e. The zero-order chi connectivity index (χ0) is 18.0. The highest BCUT2D eigenvalue weighted by Gasteiger charge is 2.39. The van der Waals surface area contributed by atoms with E-state index in [2.05, 4.69) is 15.4 Å². The molecule has 0 fully saturated rings. The van der Waals surface area contributed by atoms with E-state index in [1.807, 2.05) is 12.1 Å². The Kier molecular flexibility index (Phi) is 4.49. The molecule has 1 aromatic carbocycles. The van der Waals surface area contributed by atoms with Crippen molar-refractivity contribution in [2.45, 2.75) is 12.7 Å². The topological polar surface area (TPSA) is 71.3 Å². The number of benzene rings is 1. The Bertz CT molecular complexity index is 925. The number of carbonyl (C=O) groups is 1. The summed E-state index contributed by atoms with van der Waals surface area (Å²) in [5.41, 5.74) is 1.64. The Balaban J connectivity index is 1.82. The molecule has 10 heteroatoms. The Hall–Kier alpha value is -2.81. The summed E-state index contributed by atoms with van der Waals surface area (Å²) < 4.78 is 38.2. The highest BCUT2D eigenvalue weighted by molar-refractivity contribution is 6.31. The average molecular weight is 370 g/mol. The molecule has 2 heterocycles. The summed E-state index contributed by atoms with van der Waals surface area (Å²) in [5.74, 6) is -2.57. The van der Waals surface area contributed by atoms with Crippen LogP contribution in [-0.4, -0.2) is 26.7 Å². The maximum absolute atomic E-state index is 12.3. The smallest absolute Gasteiger partial charge is 0.378 e. The molecule has 0 atom stereocenters. The zero-order valence-corrected chi connectivity index (χ0v) is 13.3.